The largest absolute Gasteiger partial charge is 0.506 e. The lowest BCUT2D eigenvalue weighted by molar-refractivity contribution is 0.0997. The van der Waals surface area contributed by atoms with E-state index in [-0.39, 0.29) is 11.3 Å². The summed E-state index contributed by atoms with van der Waals surface area (Å²) in [6.07, 6.45) is 0. The second-order valence-electron chi connectivity index (χ2n) is 2.15. The summed E-state index contributed by atoms with van der Waals surface area (Å²) in [4.78, 5) is 10.7. The Morgan fingerprint density at radius 3 is 2.29 bits per heavy atom. The lowest BCUT2D eigenvalue weighted by Crippen LogP contribution is -2.11. The van der Waals surface area contributed by atoms with Crippen molar-refractivity contribution in [1.82, 2.24) is 0 Å². The maximum Gasteiger partial charge on any atom is 0.252 e. The third-order valence-electron chi connectivity index (χ3n) is 1.29. The third-order valence-corrected chi connectivity index (χ3v) is 2.36. The van der Waals surface area contributed by atoms with Gasteiger partial charge in [0.25, 0.3) is 5.91 Å². The monoisotopic (exact) mass is 323 g/mol. The second-order valence-corrected chi connectivity index (χ2v) is 3.92. The summed E-state index contributed by atoms with van der Waals surface area (Å²) >= 11 is 6.24. The van der Waals surface area contributed by atoms with Gasteiger partial charge in [-0.2, -0.15) is 0 Å². The molecule has 0 radical (unpaired) electrons. The molecule has 0 aliphatic carbocycles. The summed E-state index contributed by atoms with van der Waals surface area (Å²) in [7, 11) is 0. The first-order chi connectivity index (χ1) is 6.52. The average molecular weight is 325 g/mol. The molecule has 5 heteroatoms. The quantitative estimate of drug-likeness (QED) is 0.834. The summed E-state index contributed by atoms with van der Waals surface area (Å²) in [5.41, 5.74) is 5.11. The molecular formula is C9H11Br2NO2. The van der Waals surface area contributed by atoms with Crippen molar-refractivity contribution in [2.75, 3.05) is 0 Å². The fraction of sp³-hybridized carbons (Fsp3) is 0.222. The number of nitrogens with two attached hydrogens (primary N) is 1. The van der Waals surface area contributed by atoms with E-state index in [9.17, 15) is 9.90 Å². The lowest BCUT2D eigenvalue weighted by Gasteiger charge is -2.02. The van der Waals surface area contributed by atoms with E-state index in [1.165, 1.54) is 6.07 Å². The molecule has 0 heterocycles. The van der Waals surface area contributed by atoms with Gasteiger partial charge < -0.3 is 10.8 Å². The number of rotatable bonds is 1. The van der Waals surface area contributed by atoms with Crippen LogP contribution >= 0.6 is 31.9 Å². The van der Waals surface area contributed by atoms with Crippen LogP contribution in [0.5, 0.6) is 5.75 Å². The van der Waals surface area contributed by atoms with Crippen LogP contribution < -0.4 is 5.73 Å². The van der Waals surface area contributed by atoms with Crippen LogP contribution in [0.15, 0.2) is 21.1 Å². The molecule has 0 atom stereocenters. The number of primary amides is 1. The molecular weight excluding hydrogens is 314 g/mol. The summed E-state index contributed by atoms with van der Waals surface area (Å²) in [6.45, 7) is 4.00. The Balaban J connectivity index is 0.000000791. The highest BCUT2D eigenvalue weighted by atomic mass is 79.9. The predicted molar refractivity (Wildman–Crippen MR) is 63.4 cm³/mol. The Morgan fingerprint density at radius 1 is 1.36 bits per heavy atom. The Morgan fingerprint density at radius 2 is 1.86 bits per heavy atom. The number of carbonyl (C=O) groups excluding carboxylic acids is 1. The number of carbonyl (C=O) groups is 1. The van der Waals surface area contributed by atoms with Gasteiger partial charge in [0.1, 0.15) is 5.75 Å². The minimum absolute atomic E-state index is 0.0938. The van der Waals surface area contributed by atoms with Gasteiger partial charge in [0.2, 0.25) is 0 Å². The van der Waals surface area contributed by atoms with Crippen LogP contribution in [-0.2, 0) is 0 Å². The van der Waals surface area contributed by atoms with Crippen molar-refractivity contribution in [2.24, 2.45) is 5.73 Å². The number of amides is 1. The number of phenols is 1. The summed E-state index contributed by atoms with van der Waals surface area (Å²) < 4.78 is 1.12. The van der Waals surface area contributed by atoms with Crippen LogP contribution in [0.1, 0.15) is 24.2 Å². The van der Waals surface area contributed by atoms with Crippen molar-refractivity contribution in [3.8, 4) is 5.75 Å². The van der Waals surface area contributed by atoms with E-state index in [1.807, 2.05) is 13.8 Å². The van der Waals surface area contributed by atoms with Crippen molar-refractivity contribution in [2.45, 2.75) is 13.8 Å². The van der Waals surface area contributed by atoms with Gasteiger partial charge in [0.15, 0.2) is 0 Å². The molecule has 0 unspecified atom stereocenters. The fourth-order valence-corrected chi connectivity index (χ4v) is 1.98. The molecule has 3 nitrogen and oxygen atoms in total. The van der Waals surface area contributed by atoms with Crippen LogP contribution in [0, 0.1) is 0 Å². The van der Waals surface area contributed by atoms with Crippen molar-refractivity contribution < 1.29 is 9.90 Å². The Labute approximate surface area is 99.6 Å². The van der Waals surface area contributed by atoms with E-state index in [1.54, 1.807) is 6.07 Å². The van der Waals surface area contributed by atoms with Crippen LogP contribution in [0.25, 0.3) is 0 Å². The zero-order valence-corrected chi connectivity index (χ0v) is 11.0. The fourth-order valence-electron chi connectivity index (χ4n) is 0.754. The maximum atomic E-state index is 10.7. The van der Waals surface area contributed by atoms with Gasteiger partial charge in [0, 0.05) is 4.47 Å². The van der Waals surface area contributed by atoms with Gasteiger partial charge in [-0.05, 0) is 28.1 Å². The molecule has 0 aromatic heterocycles. The molecule has 0 saturated heterocycles. The number of halogens is 2. The molecule has 0 saturated carbocycles. The van der Waals surface area contributed by atoms with Gasteiger partial charge in [-0.15, -0.1) is 0 Å². The van der Waals surface area contributed by atoms with Crippen molar-refractivity contribution in [1.29, 1.82) is 0 Å². The molecule has 78 valence electrons. The maximum absolute atomic E-state index is 10.7. The predicted octanol–water partition coefficient (Wildman–Crippen LogP) is 3.04. The zero-order valence-electron chi connectivity index (χ0n) is 7.84. The first-order valence-corrected chi connectivity index (χ1v) is 5.59. The minimum Gasteiger partial charge on any atom is -0.506 e. The summed E-state index contributed by atoms with van der Waals surface area (Å²) in [6, 6.07) is 3.09. The number of benzene rings is 1. The SMILES string of the molecule is CC.NC(=O)c1cc(Br)cc(Br)c1O. The van der Waals surface area contributed by atoms with Crippen LogP contribution in [-0.4, -0.2) is 11.0 Å². The van der Waals surface area contributed by atoms with Gasteiger partial charge >= 0.3 is 0 Å². The van der Waals surface area contributed by atoms with Gasteiger partial charge in [-0.25, -0.2) is 0 Å². The molecule has 1 rings (SSSR count). The topological polar surface area (TPSA) is 63.3 Å². The molecule has 0 spiro atoms. The second kappa shape index (κ2) is 6.03. The highest BCUT2D eigenvalue weighted by Gasteiger charge is 2.11. The molecule has 1 aromatic carbocycles. The normalized spacial score (nSPS) is 8.86. The third kappa shape index (κ3) is 3.31. The van der Waals surface area contributed by atoms with Crippen LogP contribution in [0.2, 0.25) is 0 Å². The molecule has 0 fully saturated rings. The van der Waals surface area contributed by atoms with Crippen molar-refractivity contribution >= 4 is 37.8 Å². The average Bonchev–Trinajstić information content (AvgIpc) is 2.14. The van der Waals surface area contributed by atoms with E-state index in [0.29, 0.717) is 8.95 Å². The first-order valence-electron chi connectivity index (χ1n) is 4.00. The Kier molecular flexibility index (Phi) is 5.79. The van der Waals surface area contributed by atoms with E-state index in [2.05, 4.69) is 31.9 Å². The van der Waals surface area contributed by atoms with E-state index in [4.69, 9.17) is 5.73 Å². The number of hydrogen-bond acceptors (Lipinski definition) is 2. The molecule has 1 amide bonds. The van der Waals surface area contributed by atoms with E-state index in [0.717, 1.165) is 0 Å². The van der Waals surface area contributed by atoms with Crippen LogP contribution in [0.3, 0.4) is 0 Å². The number of hydrogen-bond donors (Lipinski definition) is 2. The standard InChI is InChI=1S/C7H5Br2NO2.C2H6/c8-3-1-4(7(10)12)6(11)5(9)2-3;1-2/h1-2,11H,(H2,10,12);1-2H3. The molecule has 1 aromatic rings. The van der Waals surface area contributed by atoms with Crippen LogP contribution in [0.4, 0.5) is 0 Å². The molecule has 14 heavy (non-hydrogen) atoms. The summed E-state index contributed by atoms with van der Waals surface area (Å²) in [5, 5.41) is 9.32. The molecule has 0 bridgehead atoms. The van der Waals surface area contributed by atoms with Crippen molar-refractivity contribution in [3.63, 3.8) is 0 Å². The zero-order chi connectivity index (χ0) is 11.3. The molecule has 0 aliphatic heterocycles. The Hall–Kier alpha value is -0.550. The smallest absolute Gasteiger partial charge is 0.252 e. The highest BCUT2D eigenvalue weighted by Crippen LogP contribution is 2.31. The lowest BCUT2D eigenvalue weighted by atomic mass is 10.2. The van der Waals surface area contributed by atoms with Gasteiger partial charge in [-0.1, -0.05) is 29.8 Å². The van der Waals surface area contributed by atoms with Gasteiger partial charge in [0.05, 0.1) is 10.0 Å². The number of aromatic hydroxyl groups is 1. The van der Waals surface area contributed by atoms with E-state index < -0.39 is 5.91 Å². The molecule has 0 aliphatic rings. The van der Waals surface area contributed by atoms with Gasteiger partial charge in [-0.3, -0.25) is 4.79 Å². The van der Waals surface area contributed by atoms with E-state index >= 15 is 0 Å². The van der Waals surface area contributed by atoms with Crippen molar-refractivity contribution in [3.05, 3.63) is 26.6 Å². The molecule has 3 N–H and O–H groups in total. The summed E-state index contributed by atoms with van der Waals surface area (Å²) in [5.74, 6) is -0.791. The minimum atomic E-state index is -0.658. The Bertz CT molecular complexity index is 340. The highest BCUT2D eigenvalue weighted by molar-refractivity contribution is 9.11. The first kappa shape index (κ1) is 13.4.